The van der Waals surface area contributed by atoms with Gasteiger partial charge in [0.1, 0.15) is 5.75 Å². The summed E-state index contributed by atoms with van der Waals surface area (Å²) >= 11 is 3.49. The molecule has 1 heterocycles. The highest BCUT2D eigenvalue weighted by molar-refractivity contribution is 9.10. The number of fused-ring (bicyclic) bond motifs is 1. The first-order valence-electron chi connectivity index (χ1n) is 6.58. The second-order valence-corrected chi connectivity index (χ2v) is 5.71. The summed E-state index contributed by atoms with van der Waals surface area (Å²) in [6, 6.07) is 13.7. The van der Waals surface area contributed by atoms with Crippen molar-refractivity contribution in [1.82, 2.24) is 4.57 Å². The van der Waals surface area contributed by atoms with Crippen molar-refractivity contribution in [2.45, 2.75) is 6.54 Å². The zero-order chi connectivity index (χ0) is 14.8. The molecule has 0 aliphatic heterocycles. The number of methoxy groups -OCH3 is 1. The minimum absolute atomic E-state index is 0.689. The van der Waals surface area contributed by atoms with Crippen LogP contribution in [0.1, 0.15) is 15.9 Å². The molecule has 1 aromatic heterocycles. The summed E-state index contributed by atoms with van der Waals surface area (Å²) in [6.45, 7) is 0.689. The van der Waals surface area contributed by atoms with Crippen molar-refractivity contribution in [2.24, 2.45) is 0 Å². The van der Waals surface area contributed by atoms with Crippen molar-refractivity contribution in [3.05, 3.63) is 64.3 Å². The van der Waals surface area contributed by atoms with Crippen LogP contribution in [0.25, 0.3) is 10.9 Å². The van der Waals surface area contributed by atoms with Crippen LogP contribution >= 0.6 is 15.9 Å². The molecule has 0 N–H and O–H groups in total. The van der Waals surface area contributed by atoms with Gasteiger partial charge in [-0.05, 0) is 30.3 Å². The number of benzene rings is 2. The zero-order valence-corrected chi connectivity index (χ0v) is 13.1. The van der Waals surface area contributed by atoms with Crippen molar-refractivity contribution in [3.8, 4) is 5.75 Å². The van der Waals surface area contributed by atoms with Crippen LogP contribution < -0.4 is 4.74 Å². The second kappa shape index (κ2) is 5.74. The molecule has 0 amide bonds. The molecule has 0 unspecified atom stereocenters. The molecule has 3 aromatic rings. The first-order chi connectivity index (χ1) is 10.2. The Morgan fingerprint density at radius 2 is 2.10 bits per heavy atom. The van der Waals surface area contributed by atoms with E-state index in [2.05, 4.69) is 20.5 Å². The van der Waals surface area contributed by atoms with Crippen LogP contribution in [0.3, 0.4) is 0 Å². The average molecular weight is 344 g/mol. The van der Waals surface area contributed by atoms with Crippen LogP contribution in [0, 0.1) is 0 Å². The molecule has 0 aliphatic rings. The molecule has 0 fully saturated rings. The molecule has 0 radical (unpaired) electrons. The first kappa shape index (κ1) is 13.9. The van der Waals surface area contributed by atoms with Gasteiger partial charge >= 0.3 is 0 Å². The van der Waals surface area contributed by atoms with E-state index in [1.807, 2.05) is 48.7 Å². The maximum atomic E-state index is 11.1. The molecule has 4 heteroatoms. The van der Waals surface area contributed by atoms with E-state index < -0.39 is 0 Å². The fraction of sp³-hybridized carbons (Fsp3) is 0.118. The molecule has 106 valence electrons. The fourth-order valence-corrected chi connectivity index (χ4v) is 2.95. The Morgan fingerprint density at radius 1 is 1.24 bits per heavy atom. The molecule has 0 spiro atoms. The van der Waals surface area contributed by atoms with Crippen LogP contribution in [0.5, 0.6) is 5.75 Å². The van der Waals surface area contributed by atoms with Gasteiger partial charge in [0.2, 0.25) is 0 Å². The van der Waals surface area contributed by atoms with E-state index in [0.29, 0.717) is 12.1 Å². The Morgan fingerprint density at radius 3 is 2.86 bits per heavy atom. The van der Waals surface area contributed by atoms with Gasteiger partial charge < -0.3 is 9.30 Å². The van der Waals surface area contributed by atoms with Crippen molar-refractivity contribution in [1.29, 1.82) is 0 Å². The van der Waals surface area contributed by atoms with E-state index in [-0.39, 0.29) is 0 Å². The molecular formula is C17H14BrNO2. The van der Waals surface area contributed by atoms with Crippen molar-refractivity contribution in [3.63, 3.8) is 0 Å². The van der Waals surface area contributed by atoms with Gasteiger partial charge in [0.05, 0.1) is 13.7 Å². The normalized spacial score (nSPS) is 10.8. The quantitative estimate of drug-likeness (QED) is 0.662. The van der Waals surface area contributed by atoms with Gasteiger partial charge in [-0.1, -0.05) is 28.1 Å². The van der Waals surface area contributed by atoms with Gasteiger partial charge in [0.25, 0.3) is 0 Å². The van der Waals surface area contributed by atoms with E-state index in [9.17, 15) is 4.79 Å². The fourth-order valence-electron chi connectivity index (χ4n) is 2.54. The van der Waals surface area contributed by atoms with Gasteiger partial charge in [0.15, 0.2) is 6.29 Å². The SMILES string of the molecule is COc1ccc(Br)cc1Cn1ccc2c(C=O)cccc21. The standard InChI is InChI=1S/C17H14BrNO2/c1-21-17-6-5-14(18)9-13(17)10-19-8-7-15-12(11-20)3-2-4-16(15)19/h2-9,11H,10H2,1H3. The van der Waals surface area contributed by atoms with Crippen LogP contribution in [-0.2, 0) is 6.54 Å². The number of ether oxygens (including phenoxy) is 1. The monoisotopic (exact) mass is 343 g/mol. The molecule has 0 atom stereocenters. The number of hydrogen-bond acceptors (Lipinski definition) is 2. The number of aromatic nitrogens is 1. The van der Waals surface area contributed by atoms with Gasteiger partial charge in [-0.15, -0.1) is 0 Å². The number of carbonyl (C=O) groups is 1. The summed E-state index contributed by atoms with van der Waals surface area (Å²) in [7, 11) is 1.67. The highest BCUT2D eigenvalue weighted by Crippen LogP contribution is 2.26. The lowest BCUT2D eigenvalue weighted by molar-refractivity contribution is 0.112. The highest BCUT2D eigenvalue weighted by Gasteiger charge is 2.08. The smallest absolute Gasteiger partial charge is 0.150 e. The van der Waals surface area contributed by atoms with Crippen molar-refractivity contribution < 1.29 is 9.53 Å². The first-order valence-corrected chi connectivity index (χ1v) is 7.37. The molecule has 0 aliphatic carbocycles. The van der Waals surface area contributed by atoms with E-state index in [4.69, 9.17) is 4.74 Å². The average Bonchev–Trinajstić information content (AvgIpc) is 2.91. The van der Waals surface area contributed by atoms with Crippen LogP contribution in [-0.4, -0.2) is 18.0 Å². The van der Waals surface area contributed by atoms with Gasteiger partial charge in [-0.3, -0.25) is 4.79 Å². The topological polar surface area (TPSA) is 31.2 Å². The zero-order valence-electron chi connectivity index (χ0n) is 11.5. The largest absolute Gasteiger partial charge is 0.496 e. The minimum atomic E-state index is 0.689. The number of rotatable bonds is 4. The second-order valence-electron chi connectivity index (χ2n) is 4.80. The molecule has 3 rings (SSSR count). The highest BCUT2D eigenvalue weighted by atomic mass is 79.9. The minimum Gasteiger partial charge on any atom is -0.496 e. The third-order valence-corrected chi connectivity index (χ3v) is 4.05. The number of nitrogens with zero attached hydrogens (tertiary/aromatic N) is 1. The summed E-state index contributed by atoms with van der Waals surface area (Å²) in [5, 5.41) is 0.974. The van der Waals surface area contributed by atoms with Crippen molar-refractivity contribution >= 4 is 33.1 Å². The Hall–Kier alpha value is -2.07. The van der Waals surface area contributed by atoms with Gasteiger partial charge in [-0.2, -0.15) is 0 Å². The van der Waals surface area contributed by atoms with E-state index in [1.54, 1.807) is 7.11 Å². The van der Waals surface area contributed by atoms with Crippen LogP contribution in [0.4, 0.5) is 0 Å². The third-order valence-electron chi connectivity index (χ3n) is 3.56. The summed E-state index contributed by atoms with van der Waals surface area (Å²) in [6.07, 6.45) is 2.89. The Bertz CT molecular complexity index is 808. The molecule has 2 aromatic carbocycles. The third kappa shape index (κ3) is 2.59. The lowest BCUT2D eigenvalue weighted by atomic mass is 10.1. The van der Waals surface area contributed by atoms with E-state index in [1.165, 1.54) is 0 Å². The number of halogens is 1. The predicted molar refractivity (Wildman–Crippen MR) is 87.1 cm³/mol. The summed E-state index contributed by atoms with van der Waals surface area (Å²) in [4.78, 5) is 11.1. The molecule has 0 saturated carbocycles. The number of hydrogen-bond donors (Lipinski definition) is 0. The summed E-state index contributed by atoms with van der Waals surface area (Å²) in [5.41, 5.74) is 2.84. The lowest BCUT2D eigenvalue weighted by Crippen LogP contribution is -2.00. The molecule has 0 saturated heterocycles. The molecule has 21 heavy (non-hydrogen) atoms. The number of carbonyl (C=O) groups excluding carboxylic acids is 1. The van der Waals surface area contributed by atoms with Crippen LogP contribution in [0.2, 0.25) is 0 Å². The van der Waals surface area contributed by atoms with Gasteiger partial charge in [-0.25, -0.2) is 0 Å². The maximum absolute atomic E-state index is 11.1. The van der Waals surface area contributed by atoms with E-state index >= 15 is 0 Å². The molecule has 3 nitrogen and oxygen atoms in total. The molecule has 0 bridgehead atoms. The molecular weight excluding hydrogens is 330 g/mol. The van der Waals surface area contributed by atoms with E-state index in [0.717, 1.165) is 33.0 Å². The number of aldehydes is 1. The Kier molecular flexibility index (Phi) is 3.80. The predicted octanol–water partition coefficient (Wildman–Crippen LogP) is 4.27. The van der Waals surface area contributed by atoms with Gasteiger partial charge in [0, 0.05) is 32.7 Å². The lowest BCUT2D eigenvalue weighted by Gasteiger charge is -2.11. The van der Waals surface area contributed by atoms with Crippen LogP contribution in [0.15, 0.2) is 53.1 Å². The summed E-state index contributed by atoms with van der Waals surface area (Å²) < 4.78 is 8.55. The Labute approximate surface area is 131 Å². The van der Waals surface area contributed by atoms with Crippen molar-refractivity contribution in [2.75, 3.05) is 7.11 Å². The maximum Gasteiger partial charge on any atom is 0.150 e. The summed E-state index contributed by atoms with van der Waals surface area (Å²) in [5.74, 6) is 0.853. The Balaban J connectivity index is 2.07.